The quantitative estimate of drug-likeness (QED) is 0.658. The van der Waals surface area contributed by atoms with Crippen LogP contribution >= 0.6 is 11.3 Å². The lowest BCUT2D eigenvalue weighted by atomic mass is 10.2. The van der Waals surface area contributed by atoms with Gasteiger partial charge in [-0.05, 0) is 24.3 Å². The zero-order valence-corrected chi connectivity index (χ0v) is 16.7. The lowest BCUT2D eigenvalue weighted by molar-refractivity contribution is -0.120. The number of morpholine rings is 1. The van der Waals surface area contributed by atoms with E-state index in [-0.39, 0.29) is 5.91 Å². The lowest BCUT2D eigenvalue weighted by Crippen LogP contribution is -2.41. The van der Waals surface area contributed by atoms with Crippen LogP contribution < -0.4 is 10.1 Å². The second-order valence-electron chi connectivity index (χ2n) is 6.72. The van der Waals surface area contributed by atoms with Gasteiger partial charge in [-0.15, -0.1) is 11.3 Å². The van der Waals surface area contributed by atoms with Gasteiger partial charge in [0.1, 0.15) is 5.75 Å². The summed E-state index contributed by atoms with van der Waals surface area (Å²) in [5.74, 6) is 0.854. The average molecular weight is 401 g/mol. The monoisotopic (exact) mass is 400 g/mol. The molecule has 0 aliphatic carbocycles. The highest BCUT2D eigenvalue weighted by Crippen LogP contribution is 2.25. The number of rotatable bonds is 7. The van der Waals surface area contributed by atoms with Crippen LogP contribution in [0, 0.1) is 0 Å². The second-order valence-corrected chi connectivity index (χ2v) is 7.55. The number of aromatic nitrogens is 2. The lowest BCUT2D eigenvalue weighted by Gasteiger charge is -2.26. The van der Waals surface area contributed by atoms with Crippen molar-refractivity contribution in [3.63, 3.8) is 0 Å². The number of methoxy groups -OCH3 is 1. The van der Waals surface area contributed by atoms with Gasteiger partial charge >= 0.3 is 0 Å². The molecule has 148 valence electrons. The van der Waals surface area contributed by atoms with Gasteiger partial charge in [0, 0.05) is 49.0 Å². The average Bonchev–Trinajstić information content (AvgIpc) is 3.31. The van der Waals surface area contributed by atoms with Crippen LogP contribution in [0.1, 0.15) is 5.69 Å². The molecule has 7 nitrogen and oxygen atoms in total. The number of hydrogen-bond acceptors (Lipinski definition) is 6. The van der Waals surface area contributed by atoms with Gasteiger partial charge in [-0.2, -0.15) is 0 Å². The molecule has 1 amide bonds. The summed E-state index contributed by atoms with van der Waals surface area (Å²) in [6.07, 6.45) is 2.34. The summed E-state index contributed by atoms with van der Waals surface area (Å²) in [7, 11) is 1.65. The number of hydrogen-bond donors (Lipinski definition) is 1. The molecule has 1 N–H and O–H groups in total. The van der Waals surface area contributed by atoms with Gasteiger partial charge in [-0.1, -0.05) is 0 Å². The summed E-state index contributed by atoms with van der Waals surface area (Å²) >= 11 is 1.55. The summed E-state index contributed by atoms with van der Waals surface area (Å²) in [5, 5.41) is 5.02. The summed E-state index contributed by atoms with van der Waals surface area (Å²) in [4.78, 5) is 20.2. The van der Waals surface area contributed by atoms with Crippen molar-refractivity contribution in [1.29, 1.82) is 0 Å². The largest absolute Gasteiger partial charge is 0.497 e. The third-order valence-electron chi connectivity index (χ3n) is 4.86. The third-order valence-corrected chi connectivity index (χ3v) is 5.75. The number of imidazole rings is 1. The van der Waals surface area contributed by atoms with Crippen LogP contribution in [0.5, 0.6) is 5.75 Å². The molecule has 1 aliphatic rings. The molecule has 8 heteroatoms. The number of thiazole rings is 1. The van der Waals surface area contributed by atoms with Crippen LogP contribution in [0.4, 0.5) is 0 Å². The summed E-state index contributed by atoms with van der Waals surface area (Å²) < 4.78 is 12.6. The third kappa shape index (κ3) is 4.35. The van der Waals surface area contributed by atoms with Crippen LogP contribution in [-0.4, -0.2) is 66.7 Å². The van der Waals surface area contributed by atoms with E-state index in [0.717, 1.165) is 60.5 Å². The molecular weight excluding hydrogens is 376 g/mol. The van der Waals surface area contributed by atoms with E-state index in [1.165, 1.54) is 0 Å². The number of carbonyl (C=O) groups is 1. The standard InChI is InChI=1S/C20H24N4O3S/c1-26-17-4-2-15(3-5-17)18-13-24-16(14-28-20(24)22-18)12-19(25)21-6-7-23-8-10-27-11-9-23/h2-5,13-14H,6-12H2,1H3,(H,21,25). The normalized spacial score (nSPS) is 15.0. The van der Waals surface area contributed by atoms with E-state index in [4.69, 9.17) is 9.47 Å². The molecular formula is C20H24N4O3S. The Balaban J connectivity index is 1.37. The Morgan fingerprint density at radius 1 is 1.29 bits per heavy atom. The van der Waals surface area contributed by atoms with Crippen LogP contribution in [-0.2, 0) is 16.0 Å². The minimum Gasteiger partial charge on any atom is -0.497 e. The molecule has 4 rings (SSSR count). The first-order valence-corrected chi connectivity index (χ1v) is 10.3. The summed E-state index contributed by atoms with van der Waals surface area (Å²) in [6.45, 7) is 4.94. The van der Waals surface area contributed by atoms with Gasteiger partial charge in [0.2, 0.25) is 5.91 Å². The fourth-order valence-electron chi connectivity index (χ4n) is 3.26. The van der Waals surface area contributed by atoms with Crippen LogP contribution in [0.15, 0.2) is 35.8 Å². The molecule has 0 atom stereocenters. The van der Waals surface area contributed by atoms with Crippen molar-refractivity contribution < 1.29 is 14.3 Å². The van der Waals surface area contributed by atoms with Gasteiger partial charge in [-0.3, -0.25) is 14.1 Å². The highest BCUT2D eigenvalue weighted by Gasteiger charge is 2.14. The summed E-state index contributed by atoms with van der Waals surface area (Å²) in [6, 6.07) is 7.82. The zero-order chi connectivity index (χ0) is 19.3. The Morgan fingerprint density at radius 3 is 2.82 bits per heavy atom. The number of amides is 1. The highest BCUT2D eigenvalue weighted by atomic mass is 32.1. The minimum atomic E-state index is 0.0349. The van der Waals surface area contributed by atoms with E-state index < -0.39 is 0 Å². The molecule has 3 aromatic rings. The first-order chi connectivity index (χ1) is 13.7. The fourth-order valence-corrected chi connectivity index (χ4v) is 4.14. The van der Waals surface area contributed by atoms with Gasteiger partial charge in [0.15, 0.2) is 4.96 Å². The van der Waals surface area contributed by atoms with Crippen molar-refractivity contribution in [2.24, 2.45) is 0 Å². The predicted octanol–water partition coefficient (Wildman–Crippen LogP) is 2.06. The maximum absolute atomic E-state index is 12.3. The Bertz CT molecular complexity index is 929. The van der Waals surface area contributed by atoms with Gasteiger partial charge in [0.25, 0.3) is 0 Å². The molecule has 0 bridgehead atoms. The van der Waals surface area contributed by atoms with Crippen LogP contribution in [0.25, 0.3) is 16.2 Å². The number of nitrogens with one attached hydrogen (secondary N) is 1. The van der Waals surface area contributed by atoms with E-state index in [9.17, 15) is 4.79 Å². The molecule has 0 unspecified atom stereocenters. The predicted molar refractivity (Wildman–Crippen MR) is 109 cm³/mol. The molecule has 1 fully saturated rings. The number of benzene rings is 1. The Morgan fingerprint density at radius 2 is 2.07 bits per heavy atom. The van der Waals surface area contributed by atoms with Crippen molar-refractivity contribution in [2.75, 3.05) is 46.5 Å². The molecule has 2 aromatic heterocycles. The van der Waals surface area contributed by atoms with E-state index in [2.05, 4.69) is 15.2 Å². The van der Waals surface area contributed by atoms with Crippen molar-refractivity contribution >= 4 is 22.2 Å². The molecule has 0 radical (unpaired) electrons. The minimum absolute atomic E-state index is 0.0349. The Labute approximate surface area is 167 Å². The van der Waals surface area contributed by atoms with E-state index in [1.807, 2.05) is 40.2 Å². The maximum Gasteiger partial charge on any atom is 0.226 e. The van der Waals surface area contributed by atoms with E-state index in [1.54, 1.807) is 18.4 Å². The van der Waals surface area contributed by atoms with Crippen LogP contribution in [0.2, 0.25) is 0 Å². The molecule has 1 aliphatic heterocycles. The molecule has 1 saturated heterocycles. The molecule has 1 aromatic carbocycles. The van der Waals surface area contributed by atoms with E-state index >= 15 is 0 Å². The highest BCUT2D eigenvalue weighted by molar-refractivity contribution is 7.15. The molecule has 0 saturated carbocycles. The van der Waals surface area contributed by atoms with Gasteiger partial charge < -0.3 is 14.8 Å². The van der Waals surface area contributed by atoms with Gasteiger partial charge in [-0.25, -0.2) is 4.98 Å². The second kappa shape index (κ2) is 8.72. The number of nitrogens with zero attached hydrogens (tertiary/aromatic N) is 3. The Kier molecular flexibility index (Phi) is 5.90. The van der Waals surface area contributed by atoms with Crippen molar-refractivity contribution in [3.8, 4) is 17.0 Å². The van der Waals surface area contributed by atoms with E-state index in [0.29, 0.717) is 13.0 Å². The number of carbonyl (C=O) groups excluding carboxylic acids is 1. The van der Waals surface area contributed by atoms with Crippen molar-refractivity contribution in [3.05, 3.63) is 41.5 Å². The fraction of sp³-hybridized carbons (Fsp3) is 0.400. The maximum atomic E-state index is 12.3. The van der Waals surface area contributed by atoms with Gasteiger partial charge in [0.05, 0.1) is 32.4 Å². The van der Waals surface area contributed by atoms with Crippen LogP contribution in [0.3, 0.4) is 0 Å². The summed E-state index contributed by atoms with van der Waals surface area (Å²) in [5.41, 5.74) is 2.87. The van der Waals surface area contributed by atoms with Crippen molar-refractivity contribution in [2.45, 2.75) is 6.42 Å². The smallest absolute Gasteiger partial charge is 0.226 e. The SMILES string of the molecule is COc1ccc(-c2cn3c(CC(=O)NCCN4CCOCC4)csc3n2)cc1. The zero-order valence-electron chi connectivity index (χ0n) is 15.9. The van der Waals surface area contributed by atoms with Crippen molar-refractivity contribution in [1.82, 2.24) is 19.6 Å². The first-order valence-electron chi connectivity index (χ1n) is 9.39. The number of fused-ring (bicyclic) bond motifs is 1. The molecule has 0 spiro atoms. The molecule has 3 heterocycles. The number of ether oxygens (including phenoxy) is 2. The first kappa shape index (κ1) is 18.9. The molecule has 28 heavy (non-hydrogen) atoms. The topological polar surface area (TPSA) is 68.1 Å². The Hall–Kier alpha value is -2.42.